The van der Waals surface area contributed by atoms with E-state index in [0.717, 1.165) is 10.1 Å². The van der Waals surface area contributed by atoms with Crippen LogP contribution in [0.25, 0.3) is 11.2 Å². The average Bonchev–Trinajstić information content (AvgIpc) is 3.00. The highest BCUT2D eigenvalue weighted by atomic mass is 35.5. The summed E-state index contributed by atoms with van der Waals surface area (Å²) >= 11 is 5.95. The number of ether oxygens (including phenoxy) is 1. The van der Waals surface area contributed by atoms with Crippen molar-refractivity contribution in [2.45, 2.75) is 26.4 Å². The number of fused-ring (bicyclic) bond motifs is 1. The number of benzene rings is 1. The van der Waals surface area contributed by atoms with Crippen LogP contribution in [0.5, 0.6) is 6.01 Å². The fourth-order valence-electron chi connectivity index (χ4n) is 2.94. The summed E-state index contributed by atoms with van der Waals surface area (Å²) < 4.78 is 9.72. The maximum atomic E-state index is 13.0. The Morgan fingerprint density at radius 1 is 1.19 bits per heavy atom. The van der Waals surface area contributed by atoms with Crippen molar-refractivity contribution in [3.8, 4) is 6.01 Å². The van der Waals surface area contributed by atoms with Crippen molar-refractivity contribution >= 4 is 22.8 Å². The van der Waals surface area contributed by atoms with E-state index < -0.39 is 11.2 Å². The van der Waals surface area contributed by atoms with Crippen molar-refractivity contribution in [1.82, 2.24) is 18.7 Å². The van der Waals surface area contributed by atoms with Crippen molar-refractivity contribution in [3.05, 3.63) is 55.7 Å². The van der Waals surface area contributed by atoms with Gasteiger partial charge in [-0.2, -0.15) is 4.98 Å². The molecule has 27 heavy (non-hydrogen) atoms. The molecule has 0 atom stereocenters. The second kappa shape index (κ2) is 7.98. The molecule has 3 rings (SSSR count). The fourth-order valence-corrected chi connectivity index (χ4v) is 3.06. The van der Waals surface area contributed by atoms with E-state index >= 15 is 0 Å². The van der Waals surface area contributed by atoms with E-state index in [9.17, 15) is 9.59 Å². The molecule has 0 spiro atoms. The van der Waals surface area contributed by atoms with E-state index in [0.29, 0.717) is 24.6 Å². The molecule has 0 fully saturated rings. The van der Waals surface area contributed by atoms with E-state index in [4.69, 9.17) is 21.4 Å². The molecule has 8 nitrogen and oxygen atoms in total. The largest absolute Gasteiger partial charge is 0.465 e. The first-order chi connectivity index (χ1) is 13.0. The predicted octanol–water partition coefficient (Wildman–Crippen LogP) is 1.38. The minimum absolute atomic E-state index is 0.109. The Balaban J connectivity index is 2.24. The van der Waals surface area contributed by atoms with Crippen molar-refractivity contribution in [3.63, 3.8) is 0 Å². The van der Waals surface area contributed by atoms with Crippen LogP contribution >= 0.6 is 11.6 Å². The van der Waals surface area contributed by atoms with Crippen LogP contribution in [0.1, 0.15) is 18.9 Å². The van der Waals surface area contributed by atoms with Gasteiger partial charge in [0.05, 0.1) is 13.2 Å². The molecule has 0 saturated heterocycles. The lowest BCUT2D eigenvalue weighted by atomic mass is 10.2. The summed E-state index contributed by atoms with van der Waals surface area (Å²) in [4.78, 5) is 29.9. The molecule has 144 valence electrons. The molecule has 3 aromatic rings. The molecule has 0 saturated carbocycles. The molecule has 0 amide bonds. The van der Waals surface area contributed by atoms with Crippen LogP contribution in [0.3, 0.4) is 0 Å². The smallest absolute Gasteiger partial charge is 0.332 e. The maximum absolute atomic E-state index is 13.0. The molecule has 1 N–H and O–H groups in total. The van der Waals surface area contributed by atoms with Crippen LogP contribution in [-0.2, 0) is 20.1 Å². The molecular weight excluding hydrogens is 372 g/mol. The van der Waals surface area contributed by atoms with Crippen LogP contribution in [0.2, 0.25) is 5.02 Å². The molecule has 0 unspecified atom stereocenters. The Labute approximate surface area is 160 Å². The lowest BCUT2D eigenvalue weighted by Crippen LogP contribution is -2.39. The summed E-state index contributed by atoms with van der Waals surface area (Å²) in [5.74, 6) is 0. The van der Waals surface area contributed by atoms with Crippen LogP contribution in [0.4, 0.5) is 0 Å². The predicted molar refractivity (Wildman–Crippen MR) is 103 cm³/mol. The van der Waals surface area contributed by atoms with Gasteiger partial charge in [-0.15, -0.1) is 0 Å². The second-order valence-electron chi connectivity index (χ2n) is 6.09. The van der Waals surface area contributed by atoms with Gasteiger partial charge in [0.1, 0.15) is 0 Å². The highest BCUT2D eigenvalue weighted by Crippen LogP contribution is 2.20. The topological polar surface area (TPSA) is 91.3 Å². The Hall–Kier alpha value is -2.58. The number of aliphatic hydroxyl groups is 1. The third-order valence-electron chi connectivity index (χ3n) is 4.26. The van der Waals surface area contributed by atoms with Gasteiger partial charge in [-0.3, -0.25) is 18.5 Å². The number of rotatable bonds is 7. The zero-order chi connectivity index (χ0) is 19.6. The van der Waals surface area contributed by atoms with Crippen LogP contribution in [0, 0.1) is 0 Å². The van der Waals surface area contributed by atoms with Crippen LogP contribution in [-0.4, -0.2) is 37.0 Å². The maximum Gasteiger partial charge on any atom is 0.332 e. The number of aryl methyl sites for hydroxylation is 1. The molecule has 9 heteroatoms. The first-order valence-corrected chi connectivity index (χ1v) is 9.03. The lowest BCUT2D eigenvalue weighted by molar-refractivity contribution is 0.277. The van der Waals surface area contributed by atoms with Gasteiger partial charge in [-0.05, 0) is 31.0 Å². The van der Waals surface area contributed by atoms with E-state index in [-0.39, 0.29) is 30.3 Å². The third-order valence-corrected chi connectivity index (χ3v) is 4.52. The number of imidazole rings is 1. The van der Waals surface area contributed by atoms with Gasteiger partial charge in [0.15, 0.2) is 11.2 Å². The lowest BCUT2D eigenvalue weighted by Gasteiger charge is -2.11. The SMILES string of the molecule is CCOc1nc2c(c(=O)n(CCCO)c(=O)n2C)n1Cc1ccc(Cl)cc1. The van der Waals surface area contributed by atoms with Crippen LogP contribution in [0.15, 0.2) is 33.9 Å². The number of aromatic nitrogens is 4. The second-order valence-corrected chi connectivity index (χ2v) is 6.52. The zero-order valence-electron chi connectivity index (χ0n) is 15.2. The van der Waals surface area contributed by atoms with Gasteiger partial charge in [-0.1, -0.05) is 23.7 Å². The van der Waals surface area contributed by atoms with Crippen molar-refractivity contribution in [1.29, 1.82) is 0 Å². The first kappa shape index (κ1) is 19.2. The van der Waals surface area contributed by atoms with E-state index in [2.05, 4.69) is 4.98 Å². The molecule has 1 aromatic carbocycles. The van der Waals surface area contributed by atoms with E-state index in [1.54, 1.807) is 23.7 Å². The molecule has 0 bridgehead atoms. The van der Waals surface area contributed by atoms with Gasteiger partial charge in [0, 0.05) is 25.2 Å². The number of hydrogen-bond donors (Lipinski definition) is 1. The highest BCUT2D eigenvalue weighted by Gasteiger charge is 2.21. The molecular formula is C18H21ClN4O4. The first-order valence-electron chi connectivity index (χ1n) is 8.66. The minimum atomic E-state index is -0.472. The molecule has 0 radical (unpaired) electrons. The summed E-state index contributed by atoms with van der Waals surface area (Å²) in [6.45, 7) is 2.56. The van der Waals surface area contributed by atoms with Crippen molar-refractivity contribution < 1.29 is 9.84 Å². The zero-order valence-corrected chi connectivity index (χ0v) is 15.9. The Morgan fingerprint density at radius 3 is 2.52 bits per heavy atom. The Kier molecular flexibility index (Phi) is 5.67. The Bertz CT molecular complexity index is 1070. The average molecular weight is 393 g/mol. The van der Waals surface area contributed by atoms with Crippen molar-refractivity contribution in [2.24, 2.45) is 7.05 Å². The number of nitrogens with zero attached hydrogens (tertiary/aromatic N) is 4. The highest BCUT2D eigenvalue weighted by molar-refractivity contribution is 6.30. The molecule has 0 aliphatic heterocycles. The standard InChI is InChI=1S/C18H21ClN4O4/c1-3-27-17-20-15-14(23(17)11-12-5-7-13(19)8-6-12)16(25)22(9-4-10-24)18(26)21(15)2/h5-8,24H,3-4,9-11H2,1-2H3. The minimum Gasteiger partial charge on any atom is -0.465 e. The number of aliphatic hydroxyl groups excluding tert-OH is 1. The van der Waals surface area contributed by atoms with Gasteiger partial charge >= 0.3 is 5.69 Å². The van der Waals surface area contributed by atoms with Gasteiger partial charge in [-0.25, -0.2) is 4.79 Å². The van der Waals surface area contributed by atoms with Gasteiger partial charge in [0.25, 0.3) is 11.6 Å². The summed E-state index contributed by atoms with van der Waals surface area (Å²) in [6.07, 6.45) is 0.310. The number of hydrogen-bond acceptors (Lipinski definition) is 5. The molecule has 0 aliphatic rings. The quantitative estimate of drug-likeness (QED) is 0.656. The summed E-state index contributed by atoms with van der Waals surface area (Å²) in [6, 6.07) is 7.53. The van der Waals surface area contributed by atoms with Gasteiger partial charge in [0.2, 0.25) is 0 Å². The monoisotopic (exact) mass is 392 g/mol. The Morgan fingerprint density at radius 2 is 1.89 bits per heavy atom. The van der Waals surface area contributed by atoms with E-state index in [1.807, 2.05) is 19.1 Å². The number of halogens is 1. The molecule has 2 aromatic heterocycles. The summed E-state index contributed by atoms with van der Waals surface area (Å²) in [5.41, 5.74) is 0.542. The molecule has 2 heterocycles. The summed E-state index contributed by atoms with van der Waals surface area (Å²) in [7, 11) is 1.56. The normalized spacial score (nSPS) is 11.3. The van der Waals surface area contributed by atoms with Crippen molar-refractivity contribution in [2.75, 3.05) is 13.2 Å². The van der Waals surface area contributed by atoms with Gasteiger partial charge < -0.3 is 9.84 Å². The fraction of sp³-hybridized carbons (Fsp3) is 0.389. The summed E-state index contributed by atoms with van der Waals surface area (Å²) in [5, 5.41) is 9.68. The third kappa shape index (κ3) is 3.63. The van der Waals surface area contributed by atoms with Crippen LogP contribution < -0.4 is 16.0 Å². The molecule has 0 aliphatic carbocycles. The van der Waals surface area contributed by atoms with E-state index in [1.165, 1.54) is 4.57 Å².